The van der Waals surface area contributed by atoms with Crippen molar-refractivity contribution < 1.29 is 19.1 Å². The average Bonchev–Trinajstić information content (AvgIpc) is 2.65. The Morgan fingerprint density at radius 1 is 1.11 bits per heavy atom. The number of halogens is 1. The van der Waals surface area contributed by atoms with Crippen LogP contribution in [0.25, 0.3) is 0 Å². The zero-order chi connectivity index (χ0) is 19.8. The first-order valence-electron chi connectivity index (χ1n) is 8.48. The molecule has 3 N–H and O–H groups in total. The van der Waals surface area contributed by atoms with Gasteiger partial charge in [0.25, 0.3) is 0 Å². The number of carbonyl (C=O) groups excluding carboxylic acids is 3. The first-order chi connectivity index (χ1) is 12.9. The van der Waals surface area contributed by atoms with Crippen molar-refractivity contribution >= 4 is 29.4 Å². The Morgan fingerprint density at radius 3 is 2.37 bits per heavy atom. The van der Waals surface area contributed by atoms with Gasteiger partial charge in [-0.1, -0.05) is 61.0 Å². The number of esters is 1. The summed E-state index contributed by atoms with van der Waals surface area (Å²) in [6.45, 7) is 1.64. The average molecular weight is 389 g/mol. The largest absolute Gasteiger partial charge is 0.457 e. The van der Waals surface area contributed by atoms with Crippen molar-refractivity contribution in [3.8, 4) is 0 Å². The number of benzene rings is 2. The first-order valence-corrected chi connectivity index (χ1v) is 8.86. The summed E-state index contributed by atoms with van der Waals surface area (Å²) >= 11 is 6.12. The second kappa shape index (κ2) is 9.73. The molecule has 0 saturated heterocycles. The molecule has 0 aromatic heterocycles. The quantitative estimate of drug-likeness (QED) is 0.534. The van der Waals surface area contributed by atoms with E-state index in [1.54, 1.807) is 36.4 Å². The number of urea groups is 1. The molecular weight excluding hydrogens is 368 g/mol. The van der Waals surface area contributed by atoms with Crippen molar-refractivity contribution in [2.75, 3.05) is 6.61 Å². The second-order valence-corrected chi connectivity index (χ2v) is 6.33. The van der Waals surface area contributed by atoms with Gasteiger partial charge < -0.3 is 15.8 Å². The summed E-state index contributed by atoms with van der Waals surface area (Å²) in [6, 6.07) is 12.4. The van der Waals surface area contributed by atoms with Gasteiger partial charge in [0.1, 0.15) is 0 Å². The lowest BCUT2D eigenvalue weighted by Gasteiger charge is -2.18. The molecule has 0 fully saturated rings. The molecule has 0 saturated carbocycles. The number of nitrogens with two attached hydrogens (primary N) is 1. The third kappa shape index (κ3) is 6.11. The number of nitrogens with one attached hydrogen (secondary N) is 1. The van der Waals surface area contributed by atoms with Crippen LogP contribution in [0.5, 0.6) is 0 Å². The van der Waals surface area contributed by atoms with Crippen molar-refractivity contribution in [2.24, 2.45) is 5.73 Å². The van der Waals surface area contributed by atoms with Gasteiger partial charge in [0.15, 0.2) is 12.4 Å². The van der Waals surface area contributed by atoms with Gasteiger partial charge in [-0.3, -0.25) is 9.59 Å². The molecule has 6 nitrogen and oxygen atoms in total. The second-order valence-electron chi connectivity index (χ2n) is 5.92. The van der Waals surface area contributed by atoms with E-state index in [4.69, 9.17) is 22.1 Å². The van der Waals surface area contributed by atoms with Gasteiger partial charge in [0.05, 0.1) is 12.5 Å². The number of ketones is 1. The molecule has 2 rings (SSSR count). The van der Waals surface area contributed by atoms with E-state index in [9.17, 15) is 14.4 Å². The molecule has 0 aliphatic rings. The molecule has 7 heteroatoms. The van der Waals surface area contributed by atoms with E-state index in [0.29, 0.717) is 16.1 Å². The summed E-state index contributed by atoms with van der Waals surface area (Å²) < 4.78 is 5.06. The van der Waals surface area contributed by atoms with Crippen LogP contribution >= 0.6 is 11.6 Å². The van der Waals surface area contributed by atoms with Crippen LogP contribution in [-0.2, 0) is 16.0 Å². The molecule has 0 bridgehead atoms. The van der Waals surface area contributed by atoms with E-state index in [-0.39, 0.29) is 18.8 Å². The Morgan fingerprint density at radius 2 is 1.78 bits per heavy atom. The fourth-order valence-corrected chi connectivity index (χ4v) is 2.82. The van der Waals surface area contributed by atoms with Gasteiger partial charge in [0, 0.05) is 10.6 Å². The standard InChI is InChI=1S/C20H21ClN2O4/c1-2-13-7-9-14(10-8-13)18(24)12-27-19(25)11-17(23-20(22)26)15-5-3-4-6-16(15)21/h3-10,17H,2,11-12H2,1H3,(H3,22,23,26)/t17-/m0/s1. The van der Waals surface area contributed by atoms with E-state index in [1.807, 2.05) is 19.1 Å². The molecule has 142 valence electrons. The smallest absolute Gasteiger partial charge is 0.312 e. The normalized spacial score (nSPS) is 11.5. The van der Waals surface area contributed by atoms with E-state index >= 15 is 0 Å². The number of carbonyl (C=O) groups is 3. The summed E-state index contributed by atoms with van der Waals surface area (Å²) in [5, 5.41) is 2.85. The minimum absolute atomic E-state index is 0.200. The van der Waals surface area contributed by atoms with Crippen LogP contribution in [0, 0.1) is 0 Å². The van der Waals surface area contributed by atoms with Crippen molar-refractivity contribution in [1.29, 1.82) is 0 Å². The highest BCUT2D eigenvalue weighted by Gasteiger charge is 2.21. The number of rotatable bonds is 8. The lowest BCUT2D eigenvalue weighted by Crippen LogP contribution is -2.35. The number of Topliss-reactive ketones (excluding diaryl/α,β-unsaturated/α-hetero) is 1. The molecular formula is C20H21ClN2O4. The predicted molar refractivity (Wildman–Crippen MR) is 103 cm³/mol. The highest BCUT2D eigenvalue weighted by molar-refractivity contribution is 6.31. The topological polar surface area (TPSA) is 98.5 Å². The number of amides is 2. The minimum Gasteiger partial charge on any atom is -0.457 e. The molecule has 0 spiro atoms. The lowest BCUT2D eigenvalue weighted by atomic mass is 10.0. The number of hydrogen-bond donors (Lipinski definition) is 2. The maximum Gasteiger partial charge on any atom is 0.312 e. The molecule has 1 atom stereocenters. The fourth-order valence-electron chi connectivity index (χ4n) is 2.55. The molecule has 0 unspecified atom stereocenters. The monoisotopic (exact) mass is 388 g/mol. The van der Waals surface area contributed by atoms with Gasteiger partial charge in [-0.05, 0) is 23.6 Å². The highest BCUT2D eigenvalue weighted by atomic mass is 35.5. The summed E-state index contributed by atoms with van der Waals surface area (Å²) in [5.41, 5.74) is 7.30. The van der Waals surface area contributed by atoms with E-state index < -0.39 is 18.0 Å². The maximum absolute atomic E-state index is 12.1. The van der Waals surface area contributed by atoms with Gasteiger partial charge in [0.2, 0.25) is 0 Å². The Labute approximate surface area is 162 Å². The summed E-state index contributed by atoms with van der Waals surface area (Å²) in [5.74, 6) is -0.949. The SMILES string of the molecule is CCc1ccc(C(=O)COC(=O)C[C@H](NC(N)=O)c2ccccc2Cl)cc1. The van der Waals surface area contributed by atoms with Crippen LogP contribution in [-0.4, -0.2) is 24.4 Å². The molecule has 0 radical (unpaired) electrons. The maximum atomic E-state index is 12.1. The minimum atomic E-state index is -0.792. The van der Waals surface area contributed by atoms with Gasteiger partial charge in [-0.15, -0.1) is 0 Å². The number of primary amides is 1. The molecule has 2 aromatic rings. The molecule has 2 amide bonds. The Hall–Kier alpha value is -2.86. The van der Waals surface area contributed by atoms with E-state index in [0.717, 1.165) is 12.0 Å². The van der Waals surface area contributed by atoms with Gasteiger partial charge in [-0.2, -0.15) is 0 Å². The summed E-state index contributed by atoms with van der Waals surface area (Å²) in [7, 11) is 0. The lowest BCUT2D eigenvalue weighted by molar-refractivity contribution is -0.143. The zero-order valence-corrected chi connectivity index (χ0v) is 15.7. The van der Waals surface area contributed by atoms with Crippen molar-refractivity contribution in [3.63, 3.8) is 0 Å². The van der Waals surface area contributed by atoms with E-state index in [1.165, 1.54) is 0 Å². The summed E-state index contributed by atoms with van der Waals surface area (Å²) in [4.78, 5) is 35.5. The predicted octanol–water partition coefficient (Wildman–Crippen LogP) is 3.43. The van der Waals surface area contributed by atoms with Crippen molar-refractivity contribution in [1.82, 2.24) is 5.32 Å². The Bertz CT molecular complexity index is 821. The van der Waals surface area contributed by atoms with Crippen LogP contribution in [0.15, 0.2) is 48.5 Å². The van der Waals surface area contributed by atoms with Gasteiger partial charge >= 0.3 is 12.0 Å². The first kappa shape index (κ1) is 20.5. The van der Waals surface area contributed by atoms with Crippen LogP contribution in [0.2, 0.25) is 5.02 Å². The number of aryl methyl sites for hydroxylation is 1. The highest BCUT2D eigenvalue weighted by Crippen LogP contribution is 2.25. The molecule has 0 heterocycles. The van der Waals surface area contributed by atoms with Crippen LogP contribution < -0.4 is 11.1 Å². The van der Waals surface area contributed by atoms with Crippen molar-refractivity contribution in [2.45, 2.75) is 25.8 Å². The van der Waals surface area contributed by atoms with Crippen LogP contribution in [0.3, 0.4) is 0 Å². The Kier molecular flexibility index (Phi) is 7.37. The Balaban J connectivity index is 1.97. The number of hydrogen-bond acceptors (Lipinski definition) is 4. The molecule has 0 aliphatic carbocycles. The summed E-state index contributed by atoms with van der Waals surface area (Å²) in [6.07, 6.45) is 0.675. The van der Waals surface area contributed by atoms with Crippen LogP contribution in [0.4, 0.5) is 4.79 Å². The van der Waals surface area contributed by atoms with E-state index in [2.05, 4.69) is 5.32 Å². The fraction of sp³-hybridized carbons (Fsp3) is 0.250. The third-order valence-corrected chi connectivity index (χ3v) is 4.36. The molecule has 2 aromatic carbocycles. The van der Waals surface area contributed by atoms with Gasteiger partial charge in [-0.25, -0.2) is 4.79 Å². The zero-order valence-electron chi connectivity index (χ0n) is 14.9. The van der Waals surface area contributed by atoms with Crippen molar-refractivity contribution in [3.05, 3.63) is 70.2 Å². The van der Waals surface area contributed by atoms with Crippen LogP contribution in [0.1, 0.15) is 40.9 Å². The number of ether oxygens (including phenoxy) is 1. The third-order valence-electron chi connectivity index (χ3n) is 4.02. The molecule has 27 heavy (non-hydrogen) atoms. The molecule has 0 aliphatic heterocycles.